The number of rotatable bonds is 2. The molecule has 0 fully saturated rings. The van der Waals surface area contributed by atoms with Crippen molar-refractivity contribution >= 4 is 23.3 Å². The van der Waals surface area contributed by atoms with Crippen LogP contribution in [0.25, 0.3) is 0 Å². The topological polar surface area (TPSA) is 69.6 Å². The molecule has 1 unspecified atom stereocenters. The van der Waals surface area contributed by atoms with E-state index >= 15 is 0 Å². The van der Waals surface area contributed by atoms with Crippen LogP contribution in [0.2, 0.25) is 0 Å². The van der Waals surface area contributed by atoms with Crippen LogP contribution in [0.5, 0.6) is 0 Å². The number of carbonyl (C=O) groups is 2. The summed E-state index contributed by atoms with van der Waals surface area (Å²) in [6.45, 7) is 1.15. The number of fused-ring (bicyclic) bond motifs is 1. The molecular formula is C11H10F2N2O3. The third-order valence-electron chi connectivity index (χ3n) is 2.74. The highest BCUT2D eigenvalue weighted by Crippen LogP contribution is 2.33. The molecule has 96 valence electrons. The molecule has 1 aromatic carbocycles. The van der Waals surface area contributed by atoms with Crippen molar-refractivity contribution in [2.24, 2.45) is 0 Å². The number of hydrogen-bond acceptors (Lipinski definition) is 3. The van der Waals surface area contributed by atoms with Crippen LogP contribution in [0.15, 0.2) is 12.1 Å². The van der Waals surface area contributed by atoms with E-state index in [1.807, 2.05) is 0 Å². The first kappa shape index (κ1) is 12.3. The standard InChI is InChI=1S/C11H10F2N2O3/c1-5(11(17)18)15-9-3-7(13)6(12)2-8(9)14-4-10(15)16/h2-3,5,14H,4H2,1H3,(H,17,18). The highest BCUT2D eigenvalue weighted by atomic mass is 19.2. The molecule has 7 heteroatoms. The first-order valence-electron chi connectivity index (χ1n) is 5.19. The summed E-state index contributed by atoms with van der Waals surface area (Å²) in [5.41, 5.74) is 0.224. The summed E-state index contributed by atoms with van der Waals surface area (Å²) < 4.78 is 26.2. The second-order valence-corrected chi connectivity index (χ2v) is 3.91. The molecule has 18 heavy (non-hydrogen) atoms. The Bertz CT molecular complexity index is 533. The summed E-state index contributed by atoms with van der Waals surface area (Å²) in [5, 5.41) is 11.5. The van der Waals surface area contributed by atoms with E-state index in [4.69, 9.17) is 5.11 Å². The number of carboxylic acid groups (broad SMARTS) is 1. The minimum atomic E-state index is -1.22. The van der Waals surface area contributed by atoms with E-state index in [1.165, 1.54) is 6.92 Å². The molecule has 0 aliphatic carbocycles. The molecule has 1 aliphatic rings. The molecule has 0 saturated heterocycles. The van der Waals surface area contributed by atoms with Crippen LogP contribution in [-0.4, -0.2) is 29.6 Å². The fraction of sp³-hybridized carbons (Fsp3) is 0.273. The normalized spacial score (nSPS) is 15.9. The van der Waals surface area contributed by atoms with Gasteiger partial charge in [0.25, 0.3) is 0 Å². The zero-order chi connectivity index (χ0) is 13.4. The Morgan fingerprint density at radius 2 is 2.06 bits per heavy atom. The van der Waals surface area contributed by atoms with Crippen LogP contribution in [0.4, 0.5) is 20.2 Å². The summed E-state index contributed by atoms with van der Waals surface area (Å²) in [6.07, 6.45) is 0. The molecule has 1 aromatic rings. The number of benzene rings is 1. The maximum absolute atomic E-state index is 13.2. The van der Waals surface area contributed by atoms with E-state index in [-0.39, 0.29) is 17.9 Å². The van der Waals surface area contributed by atoms with Gasteiger partial charge in [0, 0.05) is 12.1 Å². The number of nitrogens with one attached hydrogen (secondary N) is 1. The predicted molar refractivity (Wildman–Crippen MR) is 59.4 cm³/mol. The van der Waals surface area contributed by atoms with Crippen LogP contribution in [0.3, 0.4) is 0 Å². The Balaban J connectivity index is 2.53. The lowest BCUT2D eigenvalue weighted by molar-refractivity contribution is -0.139. The van der Waals surface area contributed by atoms with Crippen molar-refractivity contribution in [3.05, 3.63) is 23.8 Å². The van der Waals surface area contributed by atoms with Crippen LogP contribution < -0.4 is 10.2 Å². The maximum atomic E-state index is 13.2. The summed E-state index contributed by atoms with van der Waals surface area (Å²) in [6, 6.07) is 0.565. The van der Waals surface area contributed by atoms with Gasteiger partial charge in [-0.1, -0.05) is 0 Å². The van der Waals surface area contributed by atoms with E-state index < -0.39 is 29.6 Å². The maximum Gasteiger partial charge on any atom is 0.326 e. The van der Waals surface area contributed by atoms with Crippen molar-refractivity contribution in [1.82, 2.24) is 0 Å². The van der Waals surface area contributed by atoms with Crippen LogP contribution in [-0.2, 0) is 9.59 Å². The lowest BCUT2D eigenvalue weighted by atomic mass is 10.1. The fourth-order valence-corrected chi connectivity index (χ4v) is 1.80. The lowest BCUT2D eigenvalue weighted by Gasteiger charge is -2.32. The first-order valence-corrected chi connectivity index (χ1v) is 5.19. The van der Waals surface area contributed by atoms with Crippen molar-refractivity contribution in [2.75, 3.05) is 16.8 Å². The van der Waals surface area contributed by atoms with Gasteiger partial charge < -0.3 is 10.4 Å². The average Bonchev–Trinajstić information content (AvgIpc) is 2.30. The second-order valence-electron chi connectivity index (χ2n) is 3.91. The second kappa shape index (κ2) is 4.25. The Morgan fingerprint density at radius 1 is 1.44 bits per heavy atom. The number of hydrogen-bond donors (Lipinski definition) is 2. The number of carbonyl (C=O) groups excluding carboxylic acids is 1. The first-order chi connectivity index (χ1) is 8.41. The smallest absolute Gasteiger partial charge is 0.326 e. The van der Waals surface area contributed by atoms with Gasteiger partial charge in [-0.2, -0.15) is 0 Å². The highest BCUT2D eigenvalue weighted by Gasteiger charge is 2.32. The zero-order valence-electron chi connectivity index (χ0n) is 9.41. The Hall–Kier alpha value is -2.18. The van der Waals surface area contributed by atoms with Gasteiger partial charge in [0.15, 0.2) is 11.6 Å². The third kappa shape index (κ3) is 1.87. The molecule has 5 nitrogen and oxygen atoms in total. The Labute approximate surface area is 101 Å². The molecule has 2 rings (SSSR count). The predicted octanol–water partition coefficient (Wildman–Crippen LogP) is 1.20. The number of nitrogens with zero attached hydrogens (tertiary/aromatic N) is 1. The van der Waals surface area contributed by atoms with E-state index in [0.717, 1.165) is 17.0 Å². The summed E-state index contributed by atoms with van der Waals surface area (Å²) in [5.74, 6) is -3.92. The van der Waals surface area contributed by atoms with Crippen molar-refractivity contribution in [3.8, 4) is 0 Å². The Morgan fingerprint density at radius 3 is 2.67 bits per heavy atom. The van der Waals surface area contributed by atoms with Gasteiger partial charge in [0.05, 0.1) is 17.9 Å². The molecule has 1 heterocycles. The van der Waals surface area contributed by atoms with E-state index in [2.05, 4.69) is 5.32 Å². The zero-order valence-corrected chi connectivity index (χ0v) is 9.41. The number of carboxylic acids is 1. The van der Waals surface area contributed by atoms with Gasteiger partial charge >= 0.3 is 5.97 Å². The van der Waals surface area contributed by atoms with Crippen LogP contribution >= 0.6 is 0 Å². The number of anilines is 2. The third-order valence-corrected chi connectivity index (χ3v) is 2.74. The van der Waals surface area contributed by atoms with Gasteiger partial charge in [-0.05, 0) is 6.92 Å². The van der Waals surface area contributed by atoms with Crippen molar-refractivity contribution in [3.63, 3.8) is 0 Å². The largest absolute Gasteiger partial charge is 0.480 e. The number of amides is 1. The van der Waals surface area contributed by atoms with Crippen molar-refractivity contribution in [1.29, 1.82) is 0 Å². The Kier molecular flexibility index (Phi) is 2.90. The summed E-state index contributed by atoms with van der Waals surface area (Å²) >= 11 is 0. The lowest BCUT2D eigenvalue weighted by Crippen LogP contribution is -2.48. The van der Waals surface area contributed by atoms with Gasteiger partial charge in [-0.15, -0.1) is 0 Å². The average molecular weight is 256 g/mol. The monoisotopic (exact) mass is 256 g/mol. The summed E-state index contributed by atoms with van der Waals surface area (Å²) in [7, 11) is 0. The molecule has 1 aliphatic heterocycles. The number of halogens is 2. The SMILES string of the molecule is CC(C(=O)O)N1C(=O)CNc2cc(F)c(F)cc21. The van der Waals surface area contributed by atoms with Gasteiger partial charge in [0.1, 0.15) is 6.04 Å². The quantitative estimate of drug-likeness (QED) is 0.834. The van der Waals surface area contributed by atoms with E-state index in [1.54, 1.807) is 0 Å². The van der Waals surface area contributed by atoms with Gasteiger partial charge in [-0.25, -0.2) is 13.6 Å². The minimum absolute atomic E-state index is 0.0278. The van der Waals surface area contributed by atoms with Crippen molar-refractivity contribution < 1.29 is 23.5 Å². The van der Waals surface area contributed by atoms with Crippen molar-refractivity contribution in [2.45, 2.75) is 13.0 Å². The minimum Gasteiger partial charge on any atom is -0.480 e. The molecule has 0 saturated carbocycles. The molecule has 0 bridgehead atoms. The number of aliphatic carboxylic acids is 1. The van der Waals surface area contributed by atoms with E-state index in [9.17, 15) is 18.4 Å². The molecular weight excluding hydrogens is 246 g/mol. The summed E-state index contributed by atoms with van der Waals surface area (Å²) in [4.78, 5) is 23.5. The molecule has 1 amide bonds. The van der Waals surface area contributed by atoms with Gasteiger partial charge in [0.2, 0.25) is 5.91 Å². The molecule has 1 atom stereocenters. The van der Waals surface area contributed by atoms with Crippen LogP contribution in [0, 0.1) is 11.6 Å². The molecule has 2 N–H and O–H groups in total. The van der Waals surface area contributed by atoms with Crippen LogP contribution in [0.1, 0.15) is 6.92 Å². The fourth-order valence-electron chi connectivity index (χ4n) is 1.80. The molecule has 0 radical (unpaired) electrons. The van der Waals surface area contributed by atoms with Gasteiger partial charge in [-0.3, -0.25) is 9.69 Å². The highest BCUT2D eigenvalue weighted by molar-refractivity contribution is 6.06. The molecule has 0 spiro atoms. The molecule has 0 aromatic heterocycles. The van der Waals surface area contributed by atoms with E-state index in [0.29, 0.717) is 0 Å².